The van der Waals surface area contributed by atoms with Gasteiger partial charge < -0.3 is 9.84 Å². The Bertz CT molecular complexity index is 700. The van der Waals surface area contributed by atoms with Crippen LogP contribution in [0.5, 0.6) is 5.75 Å². The van der Waals surface area contributed by atoms with Crippen LogP contribution in [0.15, 0.2) is 52.3 Å². The minimum atomic E-state index is -0.932. The maximum atomic E-state index is 11.0. The maximum Gasteiger partial charge on any atom is 0.307 e. The lowest BCUT2D eigenvalue weighted by Crippen LogP contribution is -2.02. The third kappa shape index (κ3) is 3.98. The van der Waals surface area contributed by atoms with Gasteiger partial charge in [-0.25, -0.2) is 0 Å². The van der Waals surface area contributed by atoms with E-state index in [1.54, 1.807) is 30.3 Å². The van der Waals surface area contributed by atoms with Crippen molar-refractivity contribution < 1.29 is 19.6 Å². The first-order valence-electron chi connectivity index (χ1n) is 6.30. The lowest BCUT2D eigenvalue weighted by molar-refractivity contribution is -0.384. The zero-order chi connectivity index (χ0) is 16.1. The van der Waals surface area contributed by atoms with Crippen molar-refractivity contribution in [1.82, 2.24) is 0 Å². The number of rotatable bonds is 6. The molecule has 114 valence electrons. The Morgan fingerprint density at radius 3 is 2.50 bits per heavy atom. The number of nitrogens with zero attached hydrogens (tertiary/aromatic N) is 1. The fourth-order valence-corrected chi connectivity index (χ4v) is 2.77. The molecule has 0 aliphatic carbocycles. The van der Waals surface area contributed by atoms with Crippen molar-refractivity contribution in [1.29, 1.82) is 0 Å². The molecule has 0 radical (unpaired) electrons. The molecule has 0 unspecified atom stereocenters. The number of hydrogen-bond donors (Lipinski definition) is 1. The van der Waals surface area contributed by atoms with E-state index in [-0.39, 0.29) is 12.1 Å². The number of carbonyl (C=O) groups is 1. The second-order valence-corrected chi connectivity index (χ2v) is 5.51. The van der Waals surface area contributed by atoms with E-state index in [4.69, 9.17) is 9.84 Å². The highest BCUT2D eigenvalue weighted by Gasteiger charge is 2.11. The van der Waals surface area contributed by atoms with Crippen LogP contribution < -0.4 is 4.74 Å². The van der Waals surface area contributed by atoms with Crippen LogP contribution in [0.3, 0.4) is 0 Å². The summed E-state index contributed by atoms with van der Waals surface area (Å²) in [7, 11) is 1.52. The van der Waals surface area contributed by atoms with Gasteiger partial charge in [0, 0.05) is 21.9 Å². The smallest absolute Gasteiger partial charge is 0.307 e. The molecule has 0 fully saturated rings. The van der Waals surface area contributed by atoms with Crippen LogP contribution in [0.25, 0.3) is 0 Å². The van der Waals surface area contributed by atoms with Crippen LogP contribution in [-0.4, -0.2) is 23.1 Å². The SMILES string of the molecule is COc1ccc(Sc2ccc([N+](=O)[O-])cc2)c(CC(=O)O)c1. The van der Waals surface area contributed by atoms with E-state index in [0.717, 1.165) is 9.79 Å². The molecule has 0 atom stereocenters. The second-order valence-electron chi connectivity index (χ2n) is 4.40. The number of ether oxygens (including phenoxy) is 1. The molecule has 0 bridgehead atoms. The number of carboxylic acids is 1. The Morgan fingerprint density at radius 1 is 1.27 bits per heavy atom. The molecular formula is C15H13NO5S. The van der Waals surface area contributed by atoms with Crippen molar-refractivity contribution in [3.8, 4) is 5.75 Å². The van der Waals surface area contributed by atoms with Crippen molar-refractivity contribution in [2.24, 2.45) is 0 Å². The van der Waals surface area contributed by atoms with E-state index in [2.05, 4.69) is 0 Å². The van der Waals surface area contributed by atoms with Gasteiger partial charge in [0.2, 0.25) is 0 Å². The Kier molecular flexibility index (Phi) is 5.00. The normalized spacial score (nSPS) is 10.2. The van der Waals surface area contributed by atoms with E-state index in [0.29, 0.717) is 11.3 Å². The maximum absolute atomic E-state index is 11.0. The predicted molar refractivity (Wildman–Crippen MR) is 81.6 cm³/mol. The van der Waals surface area contributed by atoms with E-state index in [9.17, 15) is 14.9 Å². The highest BCUT2D eigenvalue weighted by Crippen LogP contribution is 2.33. The number of benzene rings is 2. The molecule has 0 amide bonds. The molecular weight excluding hydrogens is 306 g/mol. The molecule has 0 aliphatic heterocycles. The number of non-ortho nitro benzene ring substituents is 1. The molecule has 7 heteroatoms. The van der Waals surface area contributed by atoms with E-state index < -0.39 is 10.9 Å². The third-order valence-electron chi connectivity index (χ3n) is 2.88. The fourth-order valence-electron chi connectivity index (χ4n) is 1.85. The Morgan fingerprint density at radius 2 is 1.95 bits per heavy atom. The summed E-state index contributed by atoms with van der Waals surface area (Å²) in [6.07, 6.45) is -0.119. The Labute approximate surface area is 130 Å². The van der Waals surface area contributed by atoms with Gasteiger partial charge in [-0.1, -0.05) is 11.8 Å². The van der Waals surface area contributed by atoms with Crippen molar-refractivity contribution in [2.45, 2.75) is 16.2 Å². The van der Waals surface area contributed by atoms with Gasteiger partial charge in [0.05, 0.1) is 18.5 Å². The third-order valence-corrected chi connectivity index (χ3v) is 4.01. The zero-order valence-electron chi connectivity index (χ0n) is 11.7. The summed E-state index contributed by atoms with van der Waals surface area (Å²) in [6, 6.07) is 11.3. The highest BCUT2D eigenvalue weighted by atomic mass is 32.2. The molecule has 0 spiro atoms. The zero-order valence-corrected chi connectivity index (χ0v) is 12.5. The van der Waals surface area contributed by atoms with Crippen molar-refractivity contribution in [3.63, 3.8) is 0 Å². The van der Waals surface area contributed by atoms with Crippen molar-refractivity contribution in [3.05, 3.63) is 58.1 Å². The molecule has 2 aromatic carbocycles. The number of hydrogen-bond acceptors (Lipinski definition) is 5. The number of nitro groups is 1. The second kappa shape index (κ2) is 6.95. The number of aliphatic carboxylic acids is 1. The van der Waals surface area contributed by atoms with Crippen LogP contribution in [0.1, 0.15) is 5.56 Å². The van der Waals surface area contributed by atoms with Crippen molar-refractivity contribution in [2.75, 3.05) is 7.11 Å². The van der Waals surface area contributed by atoms with Crippen molar-refractivity contribution >= 4 is 23.4 Å². The molecule has 0 heterocycles. The first kappa shape index (κ1) is 15.8. The molecule has 2 rings (SSSR count). The molecule has 2 aromatic rings. The molecule has 0 aliphatic rings. The Hall–Kier alpha value is -2.54. The summed E-state index contributed by atoms with van der Waals surface area (Å²) < 4.78 is 5.11. The highest BCUT2D eigenvalue weighted by molar-refractivity contribution is 7.99. The van der Waals surface area contributed by atoms with Crippen LogP contribution in [0.2, 0.25) is 0 Å². The summed E-state index contributed by atoms with van der Waals surface area (Å²) in [5.74, 6) is -0.344. The first-order valence-corrected chi connectivity index (χ1v) is 7.12. The summed E-state index contributed by atoms with van der Waals surface area (Å²) >= 11 is 1.35. The quantitative estimate of drug-likeness (QED) is 0.648. The van der Waals surface area contributed by atoms with E-state index >= 15 is 0 Å². The summed E-state index contributed by atoms with van der Waals surface area (Å²) in [6.45, 7) is 0. The van der Waals surface area contributed by atoms with E-state index in [1.807, 2.05) is 0 Å². The van der Waals surface area contributed by atoms with Gasteiger partial charge in [0.1, 0.15) is 5.75 Å². The van der Waals surface area contributed by atoms with Crippen LogP contribution >= 0.6 is 11.8 Å². The summed E-state index contributed by atoms with van der Waals surface area (Å²) in [4.78, 5) is 22.7. The molecule has 1 N–H and O–H groups in total. The number of nitro benzene ring substituents is 1. The Balaban J connectivity index is 2.27. The van der Waals surface area contributed by atoms with Crippen LogP contribution in [0.4, 0.5) is 5.69 Å². The number of carboxylic acid groups (broad SMARTS) is 1. The minimum absolute atomic E-state index is 0.0184. The lowest BCUT2D eigenvalue weighted by atomic mass is 10.1. The standard InChI is InChI=1S/C15H13NO5S/c1-21-12-4-7-14(10(8-12)9-15(17)18)22-13-5-2-11(3-6-13)16(19)20/h2-8H,9H2,1H3,(H,17,18). The van der Waals surface area contributed by atoms with Gasteiger partial charge in [-0.3, -0.25) is 14.9 Å². The minimum Gasteiger partial charge on any atom is -0.497 e. The van der Waals surface area contributed by atoms with E-state index in [1.165, 1.54) is 31.0 Å². The fraction of sp³-hybridized carbons (Fsp3) is 0.133. The van der Waals surface area contributed by atoms with Gasteiger partial charge in [-0.05, 0) is 35.9 Å². The summed E-state index contributed by atoms with van der Waals surface area (Å²) in [5.41, 5.74) is 0.653. The molecule has 0 aromatic heterocycles. The molecule has 0 saturated carbocycles. The summed E-state index contributed by atoms with van der Waals surface area (Å²) in [5, 5.41) is 19.6. The first-order chi connectivity index (χ1) is 10.5. The monoisotopic (exact) mass is 319 g/mol. The average Bonchev–Trinajstić information content (AvgIpc) is 2.49. The molecule has 0 saturated heterocycles. The predicted octanol–water partition coefficient (Wildman–Crippen LogP) is 3.38. The number of methoxy groups -OCH3 is 1. The topological polar surface area (TPSA) is 89.7 Å². The lowest BCUT2D eigenvalue weighted by Gasteiger charge is -2.09. The average molecular weight is 319 g/mol. The largest absolute Gasteiger partial charge is 0.497 e. The van der Waals surface area contributed by atoms with Gasteiger partial charge >= 0.3 is 5.97 Å². The van der Waals surface area contributed by atoms with Crippen LogP contribution in [-0.2, 0) is 11.2 Å². The molecule has 6 nitrogen and oxygen atoms in total. The van der Waals surface area contributed by atoms with Gasteiger partial charge in [-0.2, -0.15) is 0 Å². The van der Waals surface area contributed by atoms with Crippen LogP contribution in [0, 0.1) is 10.1 Å². The van der Waals surface area contributed by atoms with Gasteiger partial charge in [-0.15, -0.1) is 0 Å². The molecule has 22 heavy (non-hydrogen) atoms. The van der Waals surface area contributed by atoms with Gasteiger partial charge in [0.25, 0.3) is 5.69 Å². The van der Waals surface area contributed by atoms with Gasteiger partial charge in [0.15, 0.2) is 0 Å².